The van der Waals surface area contributed by atoms with Crippen molar-refractivity contribution in [1.82, 2.24) is 20.0 Å². The first kappa shape index (κ1) is 15.3. The first-order valence-electron chi connectivity index (χ1n) is 8.13. The number of likely N-dealkylation sites (N-methyl/N-ethyl adjacent to an activating group) is 1. The molecule has 0 N–H and O–H groups in total. The Bertz CT molecular complexity index is 750. The Kier molecular flexibility index (Phi) is 3.82. The largest absolute Gasteiger partial charge is 0.420 e. The molecule has 1 fully saturated rings. The fourth-order valence-electron chi connectivity index (χ4n) is 3.37. The number of nitrogens with zero attached hydrogens (tertiary/aromatic N) is 4. The number of ether oxygens (including phenoxy) is 1. The Hall–Kier alpha value is -2.25. The molecule has 0 radical (unpaired) electrons. The molecule has 0 bridgehead atoms. The molecular weight excluding hydrogens is 308 g/mol. The smallest absolute Gasteiger partial charge is 0.254 e. The second kappa shape index (κ2) is 5.99. The van der Waals surface area contributed by atoms with E-state index in [-0.39, 0.29) is 18.1 Å². The van der Waals surface area contributed by atoms with Crippen LogP contribution in [0.5, 0.6) is 0 Å². The summed E-state index contributed by atoms with van der Waals surface area (Å²) in [6.07, 6.45) is -0.0924. The standard InChI is InChI=1S/C17H20N4O3/c1-11-7-20(2)9-14(23-11)16-19-18-15(24-16)10-21-8-12-5-3-4-6-13(12)17(21)22/h3-6,11,14H,7-10H2,1-2H3/t11-,14-/m1/s1. The van der Waals surface area contributed by atoms with E-state index in [4.69, 9.17) is 9.15 Å². The van der Waals surface area contributed by atoms with Crippen LogP contribution in [0, 0.1) is 0 Å². The van der Waals surface area contributed by atoms with Gasteiger partial charge in [0.2, 0.25) is 11.8 Å². The van der Waals surface area contributed by atoms with Crippen molar-refractivity contribution in [3.63, 3.8) is 0 Å². The number of hydrogen-bond acceptors (Lipinski definition) is 6. The molecular formula is C17H20N4O3. The summed E-state index contributed by atoms with van der Waals surface area (Å²) in [6, 6.07) is 7.64. The number of carbonyl (C=O) groups excluding carboxylic acids is 1. The van der Waals surface area contributed by atoms with Crippen LogP contribution in [-0.2, 0) is 17.8 Å². The van der Waals surface area contributed by atoms with Crippen molar-refractivity contribution in [2.24, 2.45) is 0 Å². The summed E-state index contributed by atoms with van der Waals surface area (Å²) in [7, 11) is 2.05. The summed E-state index contributed by atoms with van der Waals surface area (Å²) >= 11 is 0. The molecule has 1 amide bonds. The maximum atomic E-state index is 12.4. The highest BCUT2D eigenvalue weighted by Gasteiger charge is 2.31. The van der Waals surface area contributed by atoms with Crippen molar-refractivity contribution >= 4 is 5.91 Å². The molecule has 0 saturated carbocycles. The molecule has 1 saturated heterocycles. The maximum absolute atomic E-state index is 12.4. The van der Waals surface area contributed by atoms with Crippen LogP contribution in [0.4, 0.5) is 0 Å². The highest BCUT2D eigenvalue weighted by Crippen LogP contribution is 2.26. The normalized spacial score (nSPS) is 24.4. The van der Waals surface area contributed by atoms with Gasteiger partial charge in [0.15, 0.2) is 0 Å². The number of benzene rings is 1. The molecule has 3 heterocycles. The number of fused-ring (bicyclic) bond motifs is 1. The fraction of sp³-hybridized carbons (Fsp3) is 0.471. The van der Waals surface area contributed by atoms with Gasteiger partial charge < -0.3 is 19.0 Å². The van der Waals surface area contributed by atoms with Crippen molar-refractivity contribution in [3.8, 4) is 0 Å². The van der Waals surface area contributed by atoms with Gasteiger partial charge in [0, 0.05) is 25.2 Å². The molecule has 2 aromatic rings. The Morgan fingerprint density at radius 2 is 2.08 bits per heavy atom. The van der Waals surface area contributed by atoms with E-state index in [0.29, 0.717) is 24.9 Å². The van der Waals surface area contributed by atoms with Gasteiger partial charge in [0.25, 0.3) is 5.91 Å². The summed E-state index contributed by atoms with van der Waals surface area (Å²) in [5.41, 5.74) is 1.79. The van der Waals surface area contributed by atoms with E-state index in [0.717, 1.165) is 24.2 Å². The van der Waals surface area contributed by atoms with Crippen LogP contribution in [-0.4, -0.2) is 52.1 Å². The van der Waals surface area contributed by atoms with E-state index in [2.05, 4.69) is 15.1 Å². The molecule has 4 rings (SSSR count). The summed E-state index contributed by atoms with van der Waals surface area (Å²) in [4.78, 5) is 16.3. The average Bonchev–Trinajstić information content (AvgIpc) is 3.13. The first-order valence-corrected chi connectivity index (χ1v) is 8.13. The molecule has 1 aromatic heterocycles. The molecule has 0 aliphatic carbocycles. The van der Waals surface area contributed by atoms with E-state index in [1.165, 1.54) is 0 Å². The van der Waals surface area contributed by atoms with Gasteiger partial charge in [-0.25, -0.2) is 0 Å². The molecule has 24 heavy (non-hydrogen) atoms. The molecule has 2 aliphatic rings. The van der Waals surface area contributed by atoms with Crippen LogP contribution in [0.15, 0.2) is 28.7 Å². The molecule has 2 aliphatic heterocycles. The third-order valence-corrected chi connectivity index (χ3v) is 4.42. The molecule has 7 heteroatoms. The van der Waals surface area contributed by atoms with Crippen molar-refractivity contribution in [2.75, 3.05) is 20.1 Å². The molecule has 0 spiro atoms. The Morgan fingerprint density at radius 3 is 2.88 bits per heavy atom. The predicted molar refractivity (Wildman–Crippen MR) is 85.1 cm³/mol. The molecule has 0 unspecified atom stereocenters. The summed E-state index contributed by atoms with van der Waals surface area (Å²) in [5.74, 6) is 0.927. The van der Waals surface area contributed by atoms with E-state index in [1.807, 2.05) is 38.2 Å². The number of hydrogen-bond donors (Lipinski definition) is 0. The molecule has 7 nitrogen and oxygen atoms in total. The second-order valence-electron chi connectivity index (χ2n) is 6.51. The second-order valence-corrected chi connectivity index (χ2v) is 6.51. The van der Waals surface area contributed by atoms with E-state index < -0.39 is 0 Å². The zero-order chi connectivity index (χ0) is 16.7. The lowest BCUT2D eigenvalue weighted by Crippen LogP contribution is -2.40. The van der Waals surface area contributed by atoms with Crippen LogP contribution >= 0.6 is 0 Å². The summed E-state index contributed by atoms with van der Waals surface area (Å²) in [5, 5.41) is 8.21. The van der Waals surface area contributed by atoms with Crippen LogP contribution in [0.3, 0.4) is 0 Å². The maximum Gasteiger partial charge on any atom is 0.254 e. The lowest BCUT2D eigenvalue weighted by Gasteiger charge is -2.32. The monoisotopic (exact) mass is 328 g/mol. The zero-order valence-corrected chi connectivity index (χ0v) is 13.8. The number of amides is 1. The minimum atomic E-state index is -0.216. The number of rotatable bonds is 3. The molecule has 126 valence electrons. The number of morpholine rings is 1. The van der Waals surface area contributed by atoms with Gasteiger partial charge in [-0.3, -0.25) is 4.79 Å². The topological polar surface area (TPSA) is 71.7 Å². The third kappa shape index (κ3) is 2.81. The van der Waals surface area contributed by atoms with E-state index >= 15 is 0 Å². The first-order chi connectivity index (χ1) is 11.6. The lowest BCUT2D eigenvalue weighted by atomic mass is 10.1. The number of carbonyl (C=O) groups is 1. The van der Waals surface area contributed by atoms with Gasteiger partial charge in [-0.05, 0) is 25.6 Å². The Morgan fingerprint density at radius 1 is 1.25 bits per heavy atom. The summed E-state index contributed by atoms with van der Waals surface area (Å²) < 4.78 is 11.6. The van der Waals surface area contributed by atoms with Crippen molar-refractivity contribution < 1.29 is 13.9 Å². The minimum absolute atomic E-state index is 0.00706. The van der Waals surface area contributed by atoms with Crippen LogP contribution in [0.2, 0.25) is 0 Å². The van der Waals surface area contributed by atoms with Crippen LogP contribution in [0.1, 0.15) is 40.7 Å². The molecule has 2 atom stereocenters. The van der Waals surface area contributed by atoms with Gasteiger partial charge in [0.05, 0.1) is 12.6 Å². The fourth-order valence-corrected chi connectivity index (χ4v) is 3.37. The SMILES string of the molecule is C[C@@H]1CN(C)C[C@H](c2nnc(CN3Cc4ccccc4C3=O)o2)O1. The zero-order valence-electron chi connectivity index (χ0n) is 13.8. The highest BCUT2D eigenvalue weighted by molar-refractivity contribution is 5.98. The van der Waals surface area contributed by atoms with Crippen molar-refractivity contribution in [3.05, 3.63) is 47.2 Å². The van der Waals surface area contributed by atoms with Gasteiger partial charge in [-0.2, -0.15) is 0 Å². The van der Waals surface area contributed by atoms with Gasteiger partial charge in [-0.15, -0.1) is 10.2 Å². The van der Waals surface area contributed by atoms with Crippen LogP contribution < -0.4 is 0 Å². The Labute approximate surface area is 140 Å². The quantitative estimate of drug-likeness (QED) is 0.852. The molecule has 1 aromatic carbocycles. The lowest BCUT2D eigenvalue weighted by molar-refractivity contribution is -0.0826. The van der Waals surface area contributed by atoms with Gasteiger partial charge in [-0.1, -0.05) is 18.2 Å². The van der Waals surface area contributed by atoms with Gasteiger partial charge >= 0.3 is 0 Å². The van der Waals surface area contributed by atoms with E-state index in [1.54, 1.807) is 4.90 Å². The van der Waals surface area contributed by atoms with Crippen LogP contribution in [0.25, 0.3) is 0 Å². The minimum Gasteiger partial charge on any atom is -0.420 e. The van der Waals surface area contributed by atoms with Crippen molar-refractivity contribution in [1.29, 1.82) is 0 Å². The third-order valence-electron chi connectivity index (χ3n) is 4.42. The Balaban J connectivity index is 1.46. The van der Waals surface area contributed by atoms with Gasteiger partial charge in [0.1, 0.15) is 6.10 Å². The predicted octanol–water partition coefficient (Wildman–Crippen LogP) is 1.62. The highest BCUT2D eigenvalue weighted by atomic mass is 16.5. The van der Waals surface area contributed by atoms with E-state index in [9.17, 15) is 4.79 Å². The number of aromatic nitrogens is 2. The average molecular weight is 328 g/mol. The summed E-state index contributed by atoms with van der Waals surface area (Å²) in [6.45, 7) is 4.53. The van der Waals surface area contributed by atoms with Crippen molar-refractivity contribution in [2.45, 2.75) is 32.2 Å².